The molecule has 16 heteroatoms. The fraction of sp³-hybridized carbons (Fsp3) is 0.423. The minimum Gasteiger partial charge on any atom is -0.465 e. The topological polar surface area (TPSA) is 110 Å². The first kappa shape index (κ1) is 28.1. The molecule has 224 valence electrons. The van der Waals surface area contributed by atoms with Crippen molar-refractivity contribution >= 4 is 17.3 Å². The van der Waals surface area contributed by atoms with Crippen LogP contribution in [-0.4, -0.2) is 62.8 Å². The lowest BCUT2D eigenvalue weighted by atomic mass is 9.95. The predicted octanol–water partition coefficient (Wildman–Crippen LogP) is 3.86. The number of hydrogen-bond acceptors (Lipinski definition) is 7. The third kappa shape index (κ3) is 4.30. The molecule has 5 heterocycles. The van der Waals surface area contributed by atoms with Gasteiger partial charge in [0.25, 0.3) is 12.3 Å². The number of nitrogens with one attached hydrogen (secondary N) is 2. The molecular weight excluding hydrogens is 575 g/mol. The van der Waals surface area contributed by atoms with E-state index in [1.807, 2.05) is 0 Å². The molecule has 4 N–H and O–H groups in total. The summed E-state index contributed by atoms with van der Waals surface area (Å²) in [6.45, 7) is 0.933. The molecule has 0 aliphatic carbocycles. The molecule has 2 bridgehead atoms. The Balaban J connectivity index is 1.60. The lowest BCUT2D eigenvalue weighted by Crippen LogP contribution is -2.60. The smallest absolute Gasteiger partial charge is 0.417 e. The number of hydrogen-bond donors (Lipinski definition) is 3. The number of benzene rings is 1. The number of amides is 1. The van der Waals surface area contributed by atoms with E-state index in [0.29, 0.717) is 24.7 Å². The average molecular weight is 600 g/mol. The lowest BCUT2D eigenvalue weighted by Gasteiger charge is -2.37. The largest absolute Gasteiger partial charge is 0.465 e. The van der Waals surface area contributed by atoms with Crippen LogP contribution in [-0.2, 0) is 19.8 Å². The van der Waals surface area contributed by atoms with Gasteiger partial charge in [-0.2, -0.15) is 18.3 Å². The van der Waals surface area contributed by atoms with E-state index in [9.17, 15) is 31.1 Å². The summed E-state index contributed by atoms with van der Waals surface area (Å²) in [4.78, 5) is 19.1. The lowest BCUT2D eigenvalue weighted by molar-refractivity contribution is -0.137. The van der Waals surface area contributed by atoms with Gasteiger partial charge in [0, 0.05) is 37.4 Å². The maximum Gasteiger partial charge on any atom is 0.417 e. The zero-order valence-corrected chi connectivity index (χ0v) is 22.1. The fourth-order valence-electron chi connectivity index (χ4n) is 6.15. The average Bonchev–Trinajstić information content (AvgIpc) is 3.62. The number of anilines is 2. The summed E-state index contributed by atoms with van der Waals surface area (Å²) in [6, 6.07) is -0.0419. The van der Waals surface area contributed by atoms with Crippen LogP contribution in [0, 0.1) is 18.6 Å². The SMILES string of the molecule is Cc1c(F)c(N)cc(-c2nc3c(c(NCc4ccn(C)n4)c2F)C(=O)N2[C@@H]4CN[C@@H](C4)[C@@H]2C(C(F)F)O3)c1C(F)(F)F. The number of halogens is 7. The number of piperazine rings is 1. The first-order valence-corrected chi connectivity index (χ1v) is 12.9. The summed E-state index contributed by atoms with van der Waals surface area (Å²) < 4.78 is 109. The van der Waals surface area contributed by atoms with Crippen LogP contribution in [0.5, 0.6) is 5.88 Å². The molecule has 1 amide bonds. The van der Waals surface area contributed by atoms with Gasteiger partial charge in [-0.1, -0.05) is 0 Å². The highest BCUT2D eigenvalue weighted by Crippen LogP contribution is 2.47. The van der Waals surface area contributed by atoms with E-state index in [4.69, 9.17) is 10.5 Å². The Morgan fingerprint density at radius 1 is 1.26 bits per heavy atom. The van der Waals surface area contributed by atoms with Gasteiger partial charge in [-0.15, -0.1) is 0 Å². The van der Waals surface area contributed by atoms with E-state index in [1.54, 1.807) is 19.3 Å². The number of nitrogen functional groups attached to an aromatic ring is 1. The van der Waals surface area contributed by atoms with E-state index in [2.05, 4.69) is 20.7 Å². The number of aryl methyl sites for hydroxylation is 1. The van der Waals surface area contributed by atoms with E-state index in [0.717, 1.165) is 6.92 Å². The number of pyridine rings is 1. The fourth-order valence-corrected chi connectivity index (χ4v) is 6.15. The molecule has 3 aliphatic rings. The molecule has 0 spiro atoms. The molecule has 4 atom stereocenters. The molecule has 42 heavy (non-hydrogen) atoms. The van der Waals surface area contributed by atoms with Crippen molar-refractivity contribution in [2.45, 2.75) is 56.7 Å². The molecule has 6 rings (SSSR count). The summed E-state index contributed by atoms with van der Waals surface area (Å²) in [6.07, 6.45) is -8.29. The molecule has 1 aromatic carbocycles. The monoisotopic (exact) mass is 599 g/mol. The van der Waals surface area contributed by atoms with Crippen LogP contribution in [0.15, 0.2) is 18.3 Å². The van der Waals surface area contributed by atoms with Crippen molar-refractivity contribution in [1.82, 2.24) is 25.0 Å². The minimum absolute atomic E-state index is 0.201. The van der Waals surface area contributed by atoms with E-state index in [1.165, 1.54) is 9.58 Å². The van der Waals surface area contributed by atoms with E-state index in [-0.39, 0.29) is 6.54 Å². The van der Waals surface area contributed by atoms with E-state index >= 15 is 4.39 Å². The standard InChI is InChI=1S/C26H24F7N7O2/c1-9-16(26(31,32)33)12(6-13(34)17(9)27)19-18(28)20(36-7-10-3-4-39(2)38-10)15-24(37-19)42-22(23(29)30)21-14-5-11(8-35-14)40(21)25(15)41/h3-4,6,11,14,21-23,35H,5,7-8,34H2,1-2H3,(H,36,37)/t11-,14-,21+,22?/m0/s1. The maximum absolute atomic E-state index is 16.4. The Labute approximate surface area is 233 Å². The number of aromatic nitrogens is 3. The Morgan fingerprint density at radius 3 is 2.64 bits per heavy atom. The van der Waals surface area contributed by atoms with Gasteiger partial charge in [-0.05, 0) is 31.0 Å². The number of fused-ring (bicyclic) bond motifs is 6. The molecule has 2 saturated heterocycles. The normalized spacial score (nSPS) is 23.2. The van der Waals surface area contributed by atoms with E-state index < -0.39 is 99.6 Å². The van der Waals surface area contributed by atoms with Crippen molar-refractivity contribution in [3.8, 4) is 17.1 Å². The highest BCUT2D eigenvalue weighted by atomic mass is 19.4. The van der Waals surface area contributed by atoms with Crippen LogP contribution >= 0.6 is 0 Å². The number of alkyl halides is 5. The summed E-state index contributed by atoms with van der Waals surface area (Å²) >= 11 is 0. The third-order valence-electron chi connectivity index (χ3n) is 7.93. The zero-order chi connectivity index (χ0) is 30.2. The van der Waals surface area contributed by atoms with Crippen molar-refractivity contribution in [3.63, 3.8) is 0 Å². The van der Waals surface area contributed by atoms with Gasteiger partial charge in [0.15, 0.2) is 11.9 Å². The molecule has 3 aliphatic heterocycles. The van der Waals surface area contributed by atoms with Gasteiger partial charge in [0.2, 0.25) is 5.88 Å². The second-order valence-electron chi connectivity index (χ2n) is 10.5. The molecular formula is C26H24F7N7O2. The highest BCUT2D eigenvalue weighted by molar-refractivity contribution is 6.04. The van der Waals surface area contributed by atoms with Gasteiger partial charge >= 0.3 is 6.18 Å². The molecule has 3 aromatic rings. The van der Waals surface area contributed by atoms with Gasteiger partial charge in [-0.25, -0.2) is 22.5 Å². The van der Waals surface area contributed by atoms with Crippen molar-refractivity contribution in [1.29, 1.82) is 0 Å². The Morgan fingerprint density at radius 2 is 2.00 bits per heavy atom. The summed E-state index contributed by atoms with van der Waals surface area (Å²) in [5.74, 6) is -4.42. The molecule has 9 nitrogen and oxygen atoms in total. The van der Waals surface area contributed by atoms with Crippen LogP contribution in [0.3, 0.4) is 0 Å². The molecule has 2 fully saturated rings. The number of ether oxygens (including phenoxy) is 1. The minimum atomic E-state index is -5.19. The molecule has 2 aromatic heterocycles. The number of nitrogens with two attached hydrogens (primary N) is 1. The third-order valence-corrected chi connectivity index (χ3v) is 7.93. The summed E-state index contributed by atoms with van der Waals surface area (Å²) in [5, 5.41) is 9.92. The predicted molar refractivity (Wildman–Crippen MR) is 135 cm³/mol. The van der Waals surface area contributed by atoms with Crippen molar-refractivity contribution in [3.05, 3.63) is 52.3 Å². The maximum atomic E-state index is 16.4. The van der Waals surface area contributed by atoms with Crippen LogP contribution in [0.1, 0.15) is 33.6 Å². The number of carbonyl (C=O) groups excluding carboxylic acids is 1. The second-order valence-corrected chi connectivity index (χ2v) is 10.5. The summed E-state index contributed by atoms with van der Waals surface area (Å²) in [5.41, 5.74) is -0.333. The highest BCUT2D eigenvalue weighted by Gasteiger charge is 2.57. The second kappa shape index (κ2) is 9.74. The molecule has 0 radical (unpaired) electrons. The Hall–Kier alpha value is -4.08. The van der Waals surface area contributed by atoms with Gasteiger partial charge in [0.1, 0.15) is 17.1 Å². The first-order chi connectivity index (χ1) is 19.8. The number of nitrogens with zero attached hydrogens (tertiary/aromatic N) is 4. The first-order valence-electron chi connectivity index (χ1n) is 12.9. The Kier molecular flexibility index (Phi) is 6.51. The zero-order valence-electron chi connectivity index (χ0n) is 22.1. The van der Waals surface area contributed by atoms with Crippen molar-refractivity contribution in [2.24, 2.45) is 7.05 Å². The van der Waals surface area contributed by atoms with Gasteiger partial charge in [0.05, 0.1) is 35.2 Å². The van der Waals surface area contributed by atoms with Crippen molar-refractivity contribution < 1.29 is 40.3 Å². The Bertz CT molecular complexity index is 1590. The van der Waals surface area contributed by atoms with Crippen LogP contribution in [0.25, 0.3) is 11.3 Å². The van der Waals surface area contributed by atoms with Gasteiger partial charge < -0.3 is 26.0 Å². The number of carbonyl (C=O) groups is 1. The quantitative estimate of drug-likeness (QED) is 0.302. The molecule has 1 unspecified atom stereocenters. The van der Waals surface area contributed by atoms with Crippen LogP contribution in [0.4, 0.5) is 42.1 Å². The van der Waals surface area contributed by atoms with Crippen LogP contribution in [0.2, 0.25) is 0 Å². The van der Waals surface area contributed by atoms with Crippen molar-refractivity contribution in [2.75, 3.05) is 17.6 Å². The van der Waals surface area contributed by atoms with Crippen LogP contribution < -0.4 is 21.1 Å². The summed E-state index contributed by atoms with van der Waals surface area (Å²) in [7, 11) is 1.62. The van der Waals surface area contributed by atoms with Gasteiger partial charge in [-0.3, -0.25) is 9.48 Å². The number of rotatable bonds is 5. The molecule has 0 saturated carbocycles.